The zero-order valence-electron chi connectivity index (χ0n) is 19.2. The van der Waals surface area contributed by atoms with Gasteiger partial charge < -0.3 is 4.74 Å². The summed E-state index contributed by atoms with van der Waals surface area (Å²) in [7, 11) is 1.44. The maximum absolute atomic E-state index is 11.9. The standard InChI is InChI=1S/C27H36N2O2/c1-21-18-29-16-15-28(19-22-9-8-10-23(17-22)26(30)31-3)20-25(29)13-14-27(21,2)24-11-6-4-5-7-12-24/h4-6,8-12,17,21,25H,7,13-16,18-20H2,1-3H3/t21?,25?,27-/m1/s1. The molecule has 4 nitrogen and oxygen atoms in total. The number of carbonyl (C=O) groups is 1. The molecule has 1 aromatic carbocycles. The van der Waals surface area contributed by atoms with E-state index in [1.165, 1.54) is 37.6 Å². The van der Waals surface area contributed by atoms with Crippen molar-refractivity contribution in [3.8, 4) is 0 Å². The maximum Gasteiger partial charge on any atom is 0.337 e. The summed E-state index contributed by atoms with van der Waals surface area (Å²) < 4.78 is 4.88. The minimum atomic E-state index is -0.263. The Labute approximate surface area is 187 Å². The van der Waals surface area contributed by atoms with E-state index in [0.29, 0.717) is 17.5 Å². The fourth-order valence-electron chi connectivity index (χ4n) is 5.49. The first-order chi connectivity index (χ1) is 15.0. The molecule has 0 spiro atoms. The molecule has 31 heavy (non-hydrogen) atoms. The van der Waals surface area contributed by atoms with E-state index >= 15 is 0 Å². The molecule has 2 heterocycles. The quantitative estimate of drug-likeness (QED) is 0.653. The van der Waals surface area contributed by atoms with Crippen LogP contribution in [0, 0.1) is 11.3 Å². The summed E-state index contributed by atoms with van der Waals surface area (Å²) in [5.41, 5.74) is 3.57. The van der Waals surface area contributed by atoms with Crippen molar-refractivity contribution in [3.05, 3.63) is 71.3 Å². The number of hydrogen-bond acceptors (Lipinski definition) is 4. The largest absolute Gasteiger partial charge is 0.465 e. The van der Waals surface area contributed by atoms with Crippen molar-refractivity contribution in [1.29, 1.82) is 0 Å². The number of carbonyl (C=O) groups excluding carboxylic acids is 1. The van der Waals surface area contributed by atoms with Gasteiger partial charge in [0.05, 0.1) is 12.7 Å². The highest BCUT2D eigenvalue weighted by atomic mass is 16.5. The average Bonchev–Trinajstić information content (AvgIpc) is 3.13. The van der Waals surface area contributed by atoms with Crippen molar-refractivity contribution in [1.82, 2.24) is 9.80 Å². The lowest BCUT2D eigenvalue weighted by Gasteiger charge is -2.41. The van der Waals surface area contributed by atoms with E-state index < -0.39 is 0 Å². The lowest BCUT2D eigenvalue weighted by Crippen LogP contribution is -2.53. The van der Waals surface area contributed by atoms with Crippen molar-refractivity contribution in [3.63, 3.8) is 0 Å². The van der Waals surface area contributed by atoms with Crippen LogP contribution in [0.1, 0.15) is 49.0 Å². The van der Waals surface area contributed by atoms with Crippen LogP contribution in [-0.2, 0) is 11.3 Å². The molecule has 2 unspecified atom stereocenters. The molecule has 4 heteroatoms. The number of ether oxygens (including phenoxy) is 1. The van der Waals surface area contributed by atoms with Gasteiger partial charge in [-0.2, -0.15) is 0 Å². The highest BCUT2D eigenvalue weighted by Crippen LogP contribution is 2.45. The molecule has 3 atom stereocenters. The molecular formula is C27H36N2O2. The molecule has 4 rings (SSSR count). The SMILES string of the molecule is COC(=O)c1cccc(CN2CCN3CC(C)[C@](C)(C4=CCC=CC=C4)CCC3C2)c1. The molecular weight excluding hydrogens is 384 g/mol. The van der Waals surface area contributed by atoms with Gasteiger partial charge in [-0.1, -0.05) is 56.4 Å². The molecule has 3 aliphatic rings. The van der Waals surface area contributed by atoms with Gasteiger partial charge in [-0.05, 0) is 53.9 Å². The number of rotatable bonds is 4. The van der Waals surface area contributed by atoms with Gasteiger partial charge in [0.1, 0.15) is 0 Å². The Hall–Kier alpha value is -2.17. The van der Waals surface area contributed by atoms with E-state index in [1.54, 1.807) is 0 Å². The van der Waals surface area contributed by atoms with Gasteiger partial charge in [-0.25, -0.2) is 4.79 Å². The number of methoxy groups -OCH3 is 1. The van der Waals surface area contributed by atoms with Crippen LogP contribution in [0.4, 0.5) is 0 Å². The van der Waals surface area contributed by atoms with E-state index in [4.69, 9.17) is 4.74 Å². The molecule has 0 bridgehead atoms. The van der Waals surface area contributed by atoms with E-state index in [1.807, 2.05) is 18.2 Å². The second-order valence-electron chi connectivity index (χ2n) is 9.62. The number of hydrogen-bond donors (Lipinski definition) is 0. The van der Waals surface area contributed by atoms with E-state index in [0.717, 1.165) is 32.6 Å². The minimum Gasteiger partial charge on any atom is -0.465 e. The van der Waals surface area contributed by atoms with Gasteiger partial charge in [-0.3, -0.25) is 9.80 Å². The third-order valence-electron chi connectivity index (χ3n) is 7.69. The number of nitrogens with zero attached hydrogens (tertiary/aromatic N) is 2. The zero-order valence-corrected chi connectivity index (χ0v) is 19.2. The summed E-state index contributed by atoms with van der Waals surface area (Å²) >= 11 is 0. The summed E-state index contributed by atoms with van der Waals surface area (Å²) in [5, 5.41) is 0. The molecule has 0 saturated carbocycles. The zero-order chi connectivity index (χ0) is 21.8. The Kier molecular flexibility index (Phi) is 6.78. The predicted molar refractivity (Wildman–Crippen MR) is 126 cm³/mol. The van der Waals surface area contributed by atoms with Gasteiger partial charge in [0, 0.05) is 38.8 Å². The summed E-state index contributed by atoms with van der Waals surface area (Å²) in [6.07, 6.45) is 14.9. The Morgan fingerprint density at radius 3 is 2.94 bits per heavy atom. The molecule has 1 aliphatic carbocycles. The molecule has 2 fully saturated rings. The summed E-state index contributed by atoms with van der Waals surface area (Å²) in [6.45, 7) is 10.3. The van der Waals surface area contributed by atoms with E-state index in [-0.39, 0.29) is 11.4 Å². The van der Waals surface area contributed by atoms with Crippen LogP contribution in [0.15, 0.2) is 60.2 Å². The lowest BCUT2D eigenvalue weighted by molar-refractivity contribution is 0.0597. The summed E-state index contributed by atoms with van der Waals surface area (Å²) in [5.74, 6) is 0.371. The smallest absolute Gasteiger partial charge is 0.337 e. The second kappa shape index (κ2) is 9.54. The van der Waals surface area contributed by atoms with E-state index in [2.05, 4.69) is 60.1 Å². The van der Waals surface area contributed by atoms with Gasteiger partial charge in [-0.15, -0.1) is 0 Å². The van der Waals surface area contributed by atoms with Crippen LogP contribution in [0.2, 0.25) is 0 Å². The second-order valence-corrected chi connectivity index (χ2v) is 9.62. The Balaban J connectivity index is 1.43. The number of fused-ring (bicyclic) bond motifs is 1. The van der Waals surface area contributed by atoms with Crippen LogP contribution >= 0.6 is 0 Å². The number of piperazine rings is 1. The van der Waals surface area contributed by atoms with E-state index in [9.17, 15) is 4.79 Å². The molecule has 2 saturated heterocycles. The monoisotopic (exact) mass is 420 g/mol. The van der Waals surface area contributed by atoms with Crippen molar-refractivity contribution in [2.24, 2.45) is 11.3 Å². The first kappa shape index (κ1) is 22.0. The molecule has 1 aromatic rings. The summed E-state index contributed by atoms with van der Waals surface area (Å²) in [4.78, 5) is 17.2. The first-order valence-electron chi connectivity index (χ1n) is 11.7. The topological polar surface area (TPSA) is 32.8 Å². The van der Waals surface area contributed by atoms with Crippen molar-refractivity contribution in [2.45, 2.75) is 45.7 Å². The van der Waals surface area contributed by atoms with Crippen molar-refractivity contribution in [2.75, 3.05) is 33.3 Å². The van der Waals surface area contributed by atoms with Crippen LogP contribution in [0.3, 0.4) is 0 Å². The van der Waals surface area contributed by atoms with Crippen LogP contribution < -0.4 is 0 Å². The maximum atomic E-state index is 11.9. The Morgan fingerprint density at radius 1 is 1.23 bits per heavy atom. The molecule has 0 N–H and O–H groups in total. The average molecular weight is 421 g/mol. The van der Waals surface area contributed by atoms with Crippen LogP contribution in [0.25, 0.3) is 0 Å². The van der Waals surface area contributed by atoms with Crippen LogP contribution in [0.5, 0.6) is 0 Å². The fourth-order valence-corrected chi connectivity index (χ4v) is 5.49. The fraction of sp³-hybridized carbons (Fsp3) is 0.519. The van der Waals surface area contributed by atoms with Gasteiger partial charge in [0.25, 0.3) is 0 Å². The van der Waals surface area contributed by atoms with Crippen molar-refractivity contribution >= 4 is 5.97 Å². The highest BCUT2D eigenvalue weighted by molar-refractivity contribution is 5.89. The van der Waals surface area contributed by atoms with Gasteiger partial charge >= 0.3 is 5.97 Å². The number of benzene rings is 1. The molecule has 0 aromatic heterocycles. The Morgan fingerprint density at radius 2 is 2.10 bits per heavy atom. The van der Waals surface area contributed by atoms with Gasteiger partial charge in [0.15, 0.2) is 0 Å². The minimum absolute atomic E-state index is 0.236. The lowest BCUT2D eigenvalue weighted by atomic mass is 9.69. The highest BCUT2D eigenvalue weighted by Gasteiger charge is 2.41. The molecule has 2 aliphatic heterocycles. The molecule has 166 valence electrons. The summed E-state index contributed by atoms with van der Waals surface area (Å²) in [6, 6.07) is 8.48. The number of esters is 1. The number of allylic oxidation sites excluding steroid dienone is 6. The third-order valence-corrected chi connectivity index (χ3v) is 7.69. The van der Waals surface area contributed by atoms with Gasteiger partial charge in [0.2, 0.25) is 0 Å². The predicted octanol–water partition coefficient (Wildman–Crippen LogP) is 4.84. The van der Waals surface area contributed by atoms with Crippen molar-refractivity contribution < 1.29 is 9.53 Å². The third kappa shape index (κ3) is 4.86. The molecule has 0 amide bonds. The molecule has 0 radical (unpaired) electrons. The Bertz CT molecular complexity index is 887. The van der Waals surface area contributed by atoms with Crippen LogP contribution in [-0.4, -0.2) is 55.1 Å². The normalized spacial score (nSPS) is 29.6. The first-order valence-corrected chi connectivity index (χ1v) is 11.7.